The molecule has 2 aromatic rings. The predicted octanol–water partition coefficient (Wildman–Crippen LogP) is 4.21. The van der Waals surface area contributed by atoms with Gasteiger partial charge in [0, 0.05) is 11.5 Å². The van der Waals surface area contributed by atoms with Crippen molar-refractivity contribution in [3.63, 3.8) is 0 Å². The Morgan fingerprint density at radius 1 is 1.10 bits per heavy atom. The van der Waals surface area contributed by atoms with Gasteiger partial charge >= 0.3 is 0 Å². The number of nitrogens with one attached hydrogen (secondary N) is 1. The first-order chi connectivity index (χ1) is 9.76. The minimum atomic E-state index is -0.158. The monoisotopic (exact) mass is 269 g/mol. The molecule has 3 rings (SSSR count). The van der Waals surface area contributed by atoms with E-state index in [0.29, 0.717) is 0 Å². The van der Waals surface area contributed by atoms with Crippen LogP contribution in [0.2, 0.25) is 0 Å². The molecule has 1 N–H and O–H groups in total. The average Bonchev–Trinajstić information content (AvgIpc) is 3.27. The van der Waals surface area contributed by atoms with Crippen molar-refractivity contribution in [3.8, 4) is 0 Å². The van der Waals surface area contributed by atoms with Gasteiger partial charge in [-0.2, -0.15) is 0 Å². The van der Waals surface area contributed by atoms with E-state index in [2.05, 4.69) is 36.5 Å². The van der Waals surface area contributed by atoms with Crippen molar-refractivity contribution in [2.45, 2.75) is 31.2 Å². The van der Waals surface area contributed by atoms with Crippen LogP contribution >= 0.6 is 0 Å². The molecule has 0 heterocycles. The Morgan fingerprint density at radius 2 is 1.85 bits per heavy atom. The van der Waals surface area contributed by atoms with Crippen LogP contribution in [-0.4, -0.2) is 6.54 Å². The third-order valence-electron chi connectivity index (χ3n) is 4.28. The molecular formula is C18H20FN. The second-order valence-corrected chi connectivity index (χ2v) is 5.57. The zero-order chi connectivity index (χ0) is 14.0. The van der Waals surface area contributed by atoms with Gasteiger partial charge in [-0.1, -0.05) is 49.4 Å². The van der Waals surface area contributed by atoms with Gasteiger partial charge in [-0.05, 0) is 42.6 Å². The second kappa shape index (κ2) is 5.37. The van der Waals surface area contributed by atoms with Gasteiger partial charge in [-0.15, -0.1) is 0 Å². The third-order valence-corrected chi connectivity index (χ3v) is 4.28. The molecule has 1 aliphatic carbocycles. The molecule has 1 atom stereocenters. The van der Waals surface area contributed by atoms with Gasteiger partial charge in [0.15, 0.2) is 0 Å². The van der Waals surface area contributed by atoms with Crippen molar-refractivity contribution >= 4 is 0 Å². The third kappa shape index (κ3) is 2.36. The summed E-state index contributed by atoms with van der Waals surface area (Å²) in [5.74, 6) is -0.158. The van der Waals surface area contributed by atoms with Crippen molar-refractivity contribution in [2.24, 2.45) is 0 Å². The molecule has 0 aliphatic heterocycles. The highest BCUT2D eigenvalue weighted by Crippen LogP contribution is 2.56. The summed E-state index contributed by atoms with van der Waals surface area (Å²) >= 11 is 0. The fraction of sp³-hybridized carbons (Fsp3) is 0.333. The van der Waals surface area contributed by atoms with Crippen LogP contribution in [0, 0.1) is 5.82 Å². The van der Waals surface area contributed by atoms with Gasteiger partial charge in [-0.3, -0.25) is 0 Å². The molecule has 0 spiro atoms. The maximum Gasteiger partial charge on any atom is 0.123 e. The van der Waals surface area contributed by atoms with E-state index in [1.807, 2.05) is 12.1 Å². The lowest BCUT2D eigenvalue weighted by molar-refractivity contribution is 0.437. The van der Waals surface area contributed by atoms with E-state index < -0.39 is 0 Å². The molecule has 1 unspecified atom stereocenters. The first-order valence-electron chi connectivity index (χ1n) is 7.30. The highest BCUT2D eigenvalue weighted by atomic mass is 19.1. The Bertz CT molecular complexity index is 575. The van der Waals surface area contributed by atoms with E-state index >= 15 is 0 Å². The van der Waals surface area contributed by atoms with Crippen LogP contribution in [0.3, 0.4) is 0 Å². The van der Waals surface area contributed by atoms with Gasteiger partial charge in [0.2, 0.25) is 0 Å². The van der Waals surface area contributed by atoms with Crippen LogP contribution in [0.1, 0.15) is 36.9 Å². The fourth-order valence-corrected chi connectivity index (χ4v) is 3.17. The summed E-state index contributed by atoms with van der Waals surface area (Å²) < 4.78 is 13.6. The highest BCUT2D eigenvalue weighted by molar-refractivity contribution is 5.38. The van der Waals surface area contributed by atoms with Crippen LogP contribution < -0.4 is 5.32 Å². The molecule has 1 nitrogen and oxygen atoms in total. The molecule has 2 aromatic carbocycles. The Morgan fingerprint density at radius 3 is 2.45 bits per heavy atom. The van der Waals surface area contributed by atoms with Crippen LogP contribution in [-0.2, 0) is 5.41 Å². The zero-order valence-corrected chi connectivity index (χ0v) is 11.8. The number of halogens is 1. The van der Waals surface area contributed by atoms with Crippen LogP contribution in [0.4, 0.5) is 4.39 Å². The lowest BCUT2D eigenvalue weighted by atomic mass is 9.84. The Kier molecular flexibility index (Phi) is 3.58. The Balaban J connectivity index is 1.99. The van der Waals surface area contributed by atoms with Crippen molar-refractivity contribution in [1.82, 2.24) is 5.32 Å². The van der Waals surface area contributed by atoms with Crippen molar-refractivity contribution < 1.29 is 4.39 Å². The summed E-state index contributed by atoms with van der Waals surface area (Å²) in [5.41, 5.74) is 2.54. The van der Waals surface area contributed by atoms with Crippen molar-refractivity contribution in [3.05, 3.63) is 71.5 Å². The average molecular weight is 269 g/mol. The van der Waals surface area contributed by atoms with Gasteiger partial charge in [0.05, 0.1) is 0 Å². The number of benzene rings is 2. The number of rotatable bonds is 5. The van der Waals surface area contributed by atoms with Gasteiger partial charge in [0.25, 0.3) is 0 Å². The summed E-state index contributed by atoms with van der Waals surface area (Å²) in [5, 5.41) is 3.56. The smallest absolute Gasteiger partial charge is 0.123 e. The molecule has 1 saturated carbocycles. The molecule has 1 fully saturated rings. The lowest BCUT2D eigenvalue weighted by Gasteiger charge is -2.29. The molecule has 0 radical (unpaired) electrons. The number of likely N-dealkylation sites (N-methyl/N-ethyl adjacent to an activating group) is 1. The number of hydrogen-bond donors (Lipinski definition) is 1. The molecular weight excluding hydrogens is 249 g/mol. The molecule has 20 heavy (non-hydrogen) atoms. The SMILES string of the molecule is CCNC(c1cccc(F)c1)C1(c2ccccc2)CC1. The molecule has 1 aliphatic rings. The zero-order valence-electron chi connectivity index (χ0n) is 11.8. The molecule has 0 bridgehead atoms. The normalized spacial score (nSPS) is 17.7. The highest BCUT2D eigenvalue weighted by Gasteiger charge is 2.50. The Hall–Kier alpha value is -1.67. The lowest BCUT2D eigenvalue weighted by Crippen LogP contribution is -2.32. The van der Waals surface area contributed by atoms with Crippen LogP contribution in [0.5, 0.6) is 0 Å². The second-order valence-electron chi connectivity index (χ2n) is 5.57. The Labute approximate surface area is 119 Å². The van der Waals surface area contributed by atoms with E-state index in [1.165, 1.54) is 11.6 Å². The molecule has 0 aromatic heterocycles. The summed E-state index contributed by atoms with van der Waals surface area (Å²) in [6, 6.07) is 17.8. The van der Waals surface area contributed by atoms with Crippen LogP contribution in [0.15, 0.2) is 54.6 Å². The van der Waals surface area contributed by atoms with Crippen molar-refractivity contribution in [1.29, 1.82) is 0 Å². The molecule has 0 saturated heterocycles. The first-order valence-corrected chi connectivity index (χ1v) is 7.30. The van der Waals surface area contributed by atoms with Crippen LogP contribution in [0.25, 0.3) is 0 Å². The number of hydrogen-bond acceptors (Lipinski definition) is 1. The van der Waals surface area contributed by atoms with Gasteiger partial charge in [0.1, 0.15) is 5.82 Å². The predicted molar refractivity (Wildman–Crippen MR) is 80.2 cm³/mol. The maximum absolute atomic E-state index is 13.6. The summed E-state index contributed by atoms with van der Waals surface area (Å²) in [7, 11) is 0. The quantitative estimate of drug-likeness (QED) is 0.857. The maximum atomic E-state index is 13.6. The standard InChI is InChI=1S/C18H20FN/c1-2-20-17(14-7-6-10-16(19)13-14)18(11-12-18)15-8-4-3-5-9-15/h3-10,13,17,20H,2,11-12H2,1H3. The first kappa shape index (κ1) is 13.3. The van der Waals surface area contributed by atoms with Gasteiger partial charge in [-0.25, -0.2) is 4.39 Å². The molecule has 0 amide bonds. The largest absolute Gasteiger partial charge is 0.309 e. The van der Waals surface area contributed by atoms with E-state index in [4.69, 9.17) is 0 Å². The summed E-state index contributed by atoms with van der Waals surface area (Å²) in [6.45, 7) is 2.99. The summed E-state index contributed by atoms with van der Waals surface area (Å²) in [4.78, 5) is 0. The minimum Gasteiger partial charge on any atom is -0.309 e. The van der Waals surface area contributed by atoms with E-state index in [9.17, 15) is 4.39 Å². The molecule has 2 heteroatoms. The topological polar surface area (TPSA) is 12.0 Å². The van der Waals surface area contributed by atoms with Gasteiger partial charge < -0.3 is 5.32 Å². The minimum absolute atomic E-state index is 0.130. The van der Waals surface area contributed by atoms with Crippen molar-refractivity contribution in [2.75, 3.05) is 6.54 Å². The van der Waals surface area contributed by atoms with E-state index in [0.717, 1.165) is 24.9 Å². The fourth-order valence-electron chi connectivity index (χ4n) is 3.17. The van der Waals surface area contributed by atoms with E-state index in [1.54, 1.807) is 12.1 Å². The molecule has 104 valence electrons. The summed E-state index contributed by atoms with van der Waals surface area (Å²) in [6.07, 6.45) is 2.32. The van der Waals surface area contributed by atoms with E-state index in [-0.39, 0.29) is 17.3 Å².